The third-order valence-corrected chi connectivity index (χ3v) is 2.65. The topological polar surface area (TPSA) is 44.8 Å². The van der Waals surface area contributed by atoms with E-state index in [2.05, 4.69) is 0 Å². The van der Waals surface area contributed by atoms with E-state index in [0.29, 0.717) is 6.61 Å². The monoisotopic (exact) mass is 216 g/mol. The van der Waals surface area contributed by atoms with E-state index in [1.165, 1.54) is 0 Å². The van der Waals surface area contributed by atoms with Gasteiger partial charge in [0.15, 0.2) is 0 Å². The molecular formula is C11H20O4. The van der Waals surface area contributed by atoms with Crippen LogP contribution < -0.4 is 0 Å². The van der Waals surface area contributed by atoms with Gasteiger partial charge in [0.25, 0.3) is 0 Å². The van der Waals surface area contributed by atoms with Crippen molar-refractivity contribution in [3.05, 3.63) is 0 Å². The Labute approximate surface area is 90.9 Å². The van der Waals surface area contributed by atoms with Gasteiger partial charge in [-0.15, -0.1) is 0 Å². The van der Waals surface area contributed by atoms with E-state index in [-0.39, 0.29) is 24.8 Å². The molecule has 0 aromatic carbocycles. The van der Waals surface area contributed by atoms with Crippen molar-refractivity contribution in [1.29, 1.82) is 0 Å². The summed E-state index contributed by atoms with van der Waals surface area (Å²) in [5.41, 5.74) is 0. The highest BCUT2D eigenvalue weighted by atomic mass is 16.6. The van der Waals surface area contributed by atoms with Crippen molar-refractivity contribution in [2.45, 2.75) is 44.8 Å². The fourth-order valence-electron chi connectivity index (χ4n) is 1.86. The summed E-state index contributed by atoms with van der Waals surface area (Å²) in [6, 6.07) is 0. The second-order valence-corrected chi connectivity index (χ2v) is 3.72. The summed E-state index contributed by atoms with van der Waals surface area (Å²) in [7, 11) is 1.67. The number of esters is 1. The molecule has 1 saturated carbocycles. The fraction of sp³-hybridized carbons (Fsp3) is 0.909. The Kier molecular flexibility index (Phi) is 5.65. The zero-order chi connectivity index (χ0) is 11.1. The number of rotatable bonds is 5. The lowest BCUT2D eigenvalue weighted by Crippen LogP contribution is -2.36. The summed E-state index contributed by atoms with van der Waals surface area (Å²) in [5.74, 6) is -0.286. The van der Waals surface area contributed by atoms with Crippen LogP contribution in [0.3, 0.4) is 0 Å². The lowest BCUT2D eigenvalue weighted by atomic mass is 9.94. The van der Waals surface area contributed by atoms with Crippen LogP contribution >= 0.6 is 0 Å². The maximum Gasteiger partial charge on any atom is 0.332 e. The molecule has 0 saturated heterocycles. The molecule has 0 N–H and O–H groups in total. The van der Waals surface area contributed by atoms with Gasteiger partial charge >= 0.3 is 5.97 Å². The molecule has 0 aromatic heterocycles. The first-order valence-electron chi connectivity index (χ1n) is 5.58. The predicted octanol–water partition coefficient (Wildman–Crippen LogP) is 1.52. The summed E-state index contributed by atoms with van der Waals surface area (Å²) < 4.78 is 15.6. The zero-order valence-electron chi connectivity index (χ0n) is 9.53. The fourth-order valence-corrected chi connectivity index (χ4v) is 1.86. The van der Waals surface area contributed by atoms with Gasteiger partial charge in [0.05, 0.1) is 6.10 Å². The minimum absolute atomic E-state index is 0.0451. The third-order valence-electron chi connectivity index (χ3n) is 2.65. The standard InChI is InChI=1S/C11H20O4/c1-3-14-8-11(12)15-10-7-5-4-6-9(10)13-2/h9-10H,3-8H2,1-2H3. The molecule has 0 heterocycles. The van der Waals surface area contributed by atoms with Gasteiger partial charge in [-0.3, -0.25) is 0 Å². The largest absolute Gasteiger partial charge is 0.458 e. The van der Waals surface area contributed by atoms with Crippen LogP contribution in [0, 0.1) is 0 Å². The van der Waals surface area contributed by atoms with Crippen molar-refractivity contribution in [3.63, 3.8) is 0 Å². The molecule has 2 unspecified atom stereocenters. The van der Waals surface area contributed by atoms with Crippen molar-refractivity contribution in [2.75, 3.05) is 20.3 Å². The molecule has 88 valence electrons. The Morgan fingerprint density at radius 1 is 1.27 bits per heavy atom. The van der Waals surface area contributed by atoms with Crippen LogP contribution in [0.2, 0.25) is 0 Å². The minimum atomic E-state index is -0.286. The van der Waals surface area contributed by atoms with Gasteiger partial charge in [-0.25, -0.2) is 4.79 Å². The second kappa shape index (κ2) is 6.80. The number of methoxy groups -OCH3 is 1. The van der Waals surface area contributed by atoms with Gasteiger partial charge in [-0.1, -0.05) is 6.42 Å². The highest BCUT2D eigenvalue weighted by Gasteiger charge is 2.27. The van der Waals surface area contributed by atoms with E-state index < -0.39 is 0 Å². The molecule has 1 fully saturated rings. The molecule has 4 heteroatoms. The molecular weight excluding hydrogens is 196 g/mol. The predicted molar refractivity (Wildman–Crippen MR) is 55.6 cm³/mol. The lowest BCUT2D eigenvalue weighted by molar-refractivity contribution is -0.164. The molecule has 1 aliphatic rings. The van der Waals surface area contributed by atoms with E-state index in [4.69, 9.17) is 14.2 Å². The Bertz CT molecular complexity index is 193. The van der Waals surface area contributed by atoms with Gasteiger partial charge in [0, 0.05) is 13.7 Å². The highest BCUT2D eigenvalue weighted by molar-refractivity contribution is 5.70. The van der Waals surface area contributed by atoms with Gasteiger partial charge in [0.2, 0.25) is 0 Å². The molecule has 1 rings (SSSR count). The third kappa shape index (κ3) is 4.18. The first-order valence-corrected chi connectivity index (χ1v) is 5.58. The molecule has 0 bridgehead atoms. The second-order valence-electron chi connectivity index (χ2n) is 3.72. The number of hydrogen-bond donors (Lipinski definition) is 0. The van der Waals surface area contributed by atoms with Gasteiger partial charge in [0.1, 0.15) is 12.7 Å². The minimum Gasteiger partial charge on any atom is -0.458 e. The number of carbonyl (C=O) groups is 1. The van der Waals surface area contributed by atoms with E-state index in [1.807, 2.05) is 6.92 Å². The molecule has 0 spiro atoms. The Morgan fingerprint density at radius 3 is 2.53 bits per heavy atom. The van der Waals surface area contributed by atoms with Gasteiger partial charge < -0.3 is 14.2 Å². The lowest BCUT2D eigenvalue weighted by Gasteiger charge is -2.29. The van der Waals surface area contributed by atoms with Gasteiger partial charge in [-0.2, -0.15) is 0 Å². The Hall–Kier alpha value is -0.610. The molecule has 0 aromatic rings. The average molecular weight is 216 g/mol. The Balaban J connectivity index is 2.30. The van der Waals surface area contributed by atoms with Crippen LogP contribution in [-0.2, 0) is 19.0 Å². The summed E-state index contributed by atoms with van der Waals surface area (Å²) >= 11 is 0. The van der Waals surface area contributed by atoms with E-state index in [9.17, 15) is 4.79 Å². The summed E-state index contributed by atoms with van der Waals surface area (Å²) in [6.07, 6.45) is 4.10. The van der Waals surface area contributed by atoms with Crippen LogP contribution in [0.4, 0.5) is 0 Å². The van der Waals surface area contributed by atoms with E-state index in [1.54, 1.807) is 7.11 Å². The molecule has 15 heavy (non-hydrogen) atoms. The van der Waals surface area contributed by atoms with Crippen molar-refractivity contribution >= 4 is 5.97 Å². The first-order chi connectivity index (χ1) is 7.27. The van der Waals surface area contributed by atoms with Crippen molar-refractivity contribution in [1.82, 2.24) is 0 Å². The van der Waals surface area contributed by atoms with E-state index >= 15 is 0 Å². The van der Waals surface area contributed by atoms with Crippen LogP contribution in [-0.4, -0.2) is 38.5 Å². The number of carbonyl (C=O) groups excluding carboxylic acids is 1. The first kappa shape index (κ1) is 12.5. The van der Waals surface area contributed by atoms with Crippen molar-refractivity contribution < 1.29 is 19.0 Å². The quantitative estimate of drug-likeness (QED) is 0.654. The van der Waals surface area contributed by atoms with Crippen molar-refractivity contribution in [3.8, 4) is 0 Å². The molecule has 1 aliphatic carbocycles. The molecule has 0 aliphatic heterocycles. The van der Waals surface area contributed by atoms with Crippen LogP contribution in [0.1, 0.15) is 32.6 Å². The van der Waals surface area contributed by atoms with Crippen LogP contribution in [0.25, 0.3) is 0 Å². The normalized spacial score (nSPS) is 26.3. The number of hydrogen-bond acceptors (Lipinski definition) is 4. The van der Waals surface area contributed by atoms with Crippen molar-refractivity contribution in [2.24, 2.45) is 0 Å². The Morgan fingerprint density at radius 2 is 1.93 bits per heavy atom. The maximum atomic E-state index is 11.3. The summed E-state index contributed by atoms with van der Waals surface area (Å²) in [6.45, 7) is 2.43. The molecule has 0 radical (unpaired) electrons. The maximum absolute atomic E-state index is 11.3. The summed E-state index contributed by atoms with van der Waals surface area (Å²) in [5, 5.41) is 0. The zero-order valence-corrected chi connectivity index (χ0v) is 9.53. The molecule has 0 amide bonds. The average Bonchev–Trinajstić information content (AvgIpc) is 2.27. The van der Waals surface area contributed by atoms with Crippen LogP contribution in [0.5, 0.6) is 0 Å². The molecule has 4 nitrogen and oxygen atoms in total. The van der Waals surface area contributed by atoms with Crippen LogP contribution in [0.15, 0.2) is 0 Å². The molecule has 2 atom stereocenters. The summed E-state index contributed by atoms with van der Waals surface area (Å²) in [4.78, 5) is 11.3. The SMILES string of the molecule is CCOCC(=O)OC1CCCCC1OC. The number of ether oxygens (including phenoxy) is 3. The smallest absolute Gasteiger partial charge is 0.332 e. The van der Waals surface area contributed by atoms with E-state index in [0.717, 1.165) is 25.7 Å². The van der Waals surface area contributed by atoms with Gasteiger partial charge in [-0.05, 0) is 26.2 Å². The highest BCUT2D eigenvalue weighted by Crippen LogP contribution is 2.23.